The maximum Gasteiger partial charge on any atom is 0.0216 e. The monoisotopic (exact) mass is 314 g/mol. The molecule has 2 aromatic carbocycles. The summed E-state index contributed by atoms with van der Waals surface area (Å²) < 4.78 is 1.35. The van der Waals surface area contributed by atoms with Crippen molar-refractivity contribution in [1.29, 1.82) is 0 Å². The molecule has 1 heteroatoms. The molecule has 0 unspecified atom stereocenters. The molecule has 4 rings (SSSR count). The highest BCUT2D eigenvalue weighted by atomic mass is 79.9. The smallest absolute Gasteiger partial charge is 0.0216 e. The quantitative estimate of drug-likeness (QED) is 0.683. The SMILES string of the molecule is CCc1cc2c3c(c(Br)cc4c3c1CCC4)CCC2. The van der Waals surface area contributed by atoms with Gasteiger partial charge in [-0.3, -0.25) is 0 Å². The zero-order chi connectivity index (χ0) is 13.0. The lowest BCUT2D eigenvalue weighted by Gasteiger charge is -2.27. The van der Waals surface area contributed by atoms with Crippen molar-refractivity contribution in [3.05, 3.63) is 44.4 Å². The summed E-state index contributed by atoms with van der Waals surface area (Å²) in [4.78, 5) is 0. The molecule has 0 radical (unpaired) electrons. The van der Waals surface area contributed by atoms with E-state index in [2.05, 4.69) is 35.0 Å². The van der Waals surface area contributed by atoms with E-state index in [0.29, 0.717) is 0 Å². The lowest BCUT2D eigenvalue weighted by molar-refractivity contribution is 0.775. The van der Waals surface area contributed by atoms with Crippen molar-refractivity contribution in [1.82, 2.24) is 0 Å². The summed E-state index contributed by atoms with van der Waals surface area (Å²) in [6, 6.07) is 4.93. The molecule has 0 aliphatic heterocycles. The first-order valence-corrected chi connectivity index (χ1v) is 8.36. The van der Waals surface area contributed by atoms with Crippen LogP contribution in [0.1, 0.15) is 47.6 Å². The van der Waals surface area contributed by atoms with Gasteiger partial charge in [-0.25, -0.2) is 0 Å². The van der Waals surface area contributed by atoms with Gasteiger partial charge in [0.2, 0.25) is 0 Å². The third-order valence-electron chi connectivity index (χ3n) is 4.95. The summed E-state index contributed by atoms with van der Waals surface area (Å²) in [6.07, 6.45) is 8.87. The van der Waals surface area contributed by atoms with Crippen molar-refractivity contribution in [2.75, 3.05) is 0 Å². The number of rotatable bonds is 1. The zero-order valence-electron chi connectivity index (χ0n) is 11.5. The largest absolute Gasteiger partial charge is 0.0613 e. The van der Waals surface area contributed by atoms with Gasteiger partial charge in [0.1, 0.15) is 0 Å². The van der Waals surface area contributed by atoms with Gasteiger partial charge in [0, 0.05) is 4.47 Å². The Bertz CT molecular complexity index is 682. The molecule has 19 heavy (non-hydrogen) atoms. The first kappa shape index (κ1) is 12.0. The van der Waals surface area contributed by atoms with Gasteiger partial charge in [-0.2, -0.15) is 0 Å². The molecule has 0 bridgehead atoms. The number of benzene rings is 2. The van der Waals surface area contributed by atoms with Crippen molar-refractivity contribution in [3.8, 4) is 0 Å². The molecule has 0 heterocycles. The Hall–Kier alpha value is -0.820. The lowest BCUT2D eigenvalue weighted by Crippen LogP contribution is -2.11. The molecule has 0 saturated carbocycles. The van der Waals surface area contributed by atoms with Crippen molar-refractivity contribution in [2.24, 2.45) is 0 Å². The van der Waals surface area contributed by atoms with Gasteiger partial charge in [-0.05, 0) is 89.6 Å². The first-order valence-electron chi connectivity index (χ1n) is 7.57. The second-order valence-corrected chi connectivity index (χ2v) is 6.83. The van der Waals surface area contributed by atoms with Gasteiger partial charge < -0.3 is 0 Å². The van der Waals surface area contributed by atoms with E-state index < -0.39 is 0 Å². The Balaban J connectivity index is 2.21. The minimum Gasteiger partial charge on any atom is -0.0613 e. The number of aryl methyl sites for hydroxylation is 5. The van der Waals surface area contributed by atoms with Gasteiger partial charge >= 0.3 is 0 Å². The molecule has 0 atom stereocenters. The summed E-state index contributed by atoms with van der Waals surface area (Å²) >= 11 is 3.82. The highest BCUT2D eigenvalue weighted by molar-refractivity contribution is 9.10. The molecule has 0 aromatic heterocycles. The normalized spacial score (nSPS) is 16.9. The number of hydrogen-bond donors (Lipinski definition) is 0. The van der Waals surface area contributed by atoms with Gasteiger partial charge in [0.15, 0.2) is 0 Å². The van der Waals surface area contributed by atoms with E-state index in [0.717, 1.165) is 0 Å². The van der Waals surface area contributed by atoms with Crippen LogP contribution in [0, 0.1) is 0 Å². The van der Waals surface area contributed by atoms with Gasteiger partial charge in [0.05, 0.1) is 0 Å². The van der Waals surface area contributed by atoms with Crippen LogP contribution >= 0.6 is 15.9 Å². The minimum atomic E-state index is 1.18. The van der Waals surface area contributed by atoms with E-state index in [4.69, 9.17) is 0 Å². The molecular formula is C18H19Br. The van der Waals surface area contributed by atoms with Crippen molar-refractivity contribution in [3.63, 3.8) is 0 Å². The van der Waals surface area contributed by atoms with E-state index in [1.54, 1.807) is 38.6 Å². The van der Waals surface area contributed by atoms with Gasteiger partial charge in [-0.1, -0.05) is 28.9 Å². The van der Waals surface area contributed by atoms with E-state index in [1.165, 1.54) is 49.4 Å². The molecule has 0 saturated heterocycles. The molecule has 2 aromatic rings. The third kappa shape index (κ3) is 1.64. The Morgan fingerprint density at radius 1 is 0.895 bits per heavy atom. The van der Waals surface area contributed by atoms with Crippen LogP contribution in [0.5, 0.6) is 0 Å². The standard InChI is InChI=1S/C18H19Br/c1-2-11-9-12-5-4-8-15-16(19)10-13-6-3-7-14(11)17(13)18(12)15/h9-10H,2-8H2,1H3. The highest BCUT2D eigenvalue weighted by Crippen LogP contribution is 2.42. The fraction of sp³-hybridized carbons (Fsp3) is 0.444. The summed E-state index contributed by atoms with van der Waals surface area (Å²) in [5, 5.41) is 3.25. The molecule has 0 N–H and O–H groups in total. The molecular weight excluding hydrogens is 296 g/mol. The average molecular weight is 315 g/mol. The van der Waals surface area contributed by atoms with Gasteiger partial charge in [0.25, 0.3) is 0 Å². The second kappa shape index (κ2) is 4.34. The van der Waals surface area contributed by atoms with Crippen LogP contribution in [-0.4, -0.2) is 0 Å². The summed E-state index contributed by atoms with van der Waals surface area (Å²) in [6.45, 7) is 2.31. The van der Waals surface area contributed by atoms with Gasteiger partial charge in [-0.15, -0.1) is 0 Å². The molecule has 0 spiro atoms. The Morgan fingerprint density at radius 3 is 2.26 bits per heavy atom. The highest BCUT2D eigenvalue weighted by Gasteiger charge is 2.23. The zero-order valence-corrected chi connectivity index (χ0v) is 13.1. The van der Waals surface area contributed by atoms with E-state index in [-0.39, 0.29) is 0 Å². The average Bonchev–Trinajstić information content (AvgIpc) is 2.45. The first-order chi connectivity index (χ1) is 9.29. The number of hydrogen-bond acceptors (Lipinski definition) is 0. The van der Waals surface area contributed by atoms with Crippen LogP contribution in [0.2, 0.25) is 0 Å². The van der Waals surface area contributed by atoms with Crippen LogP contribution in [0.25, 0.3) is 10.8 Å². The Labute approximate surface area is 123 Å². The van der Waals surface area contributed by atoms with Crippen molar-refractivity contribution >= 4 is 26.7 Å². The Morgan fingerprint density at radius 2 is 1.53 bits per heavy atom. The van der Waals surface area contributed by atoms with Crippen molar-refractivity contribution < 1.29 is 0 Å². The van der Waals surface area contributed by atoms with Crippen LogP contribution < -0.4 is 0 Å². The molecule has 0 fully saturated rings. The van der Waals surface area contributed by atoms with Crippen LogP contribution in [0.3, 0.4) is 0 Å². The Kier molecular flexibility index (Phi) is 2.73. The van der Waals surface area contributed by atoms with Crippen LogP contribution in [0.4, 0.5) is 0 Å². The molecule has 0 amide bonds. The predicted octanol–water partition coefficient (Wildman–Crippen LogP) is 5.14. The molecule has 2 aliphatic rings. The molecule has 98 valence electrons. The maximum absolute atomic E-state index is 3.82. The predicted molar refractivity (Wildman–Crippen MR) is 85.1 cm³/mol. The van der Waals surface area contributed by atoms with Crippen LogP contribution in [-0.2, 0) is 32.1 Å². The van der Waals surface area contributed by atoms with E-state index >= 15 is 0 Å². The third-order valence-corrected chi connectivity index (χ3v) is 5.66. The fourth-order valence-corrected chi connectivity index (χ4v) is 4.80. The van der Waals surface area contributed by atoms with E-state index in [1.807, 2.05) is 0 Å². The summed E-state index contributed by atoms with van der Waals surface area (Å²) in [5.41, 5.74) is 8.05. The van der Waals surface area contributed by atoms with Crippen LogP contribution in [0.15, 0.2) is 16.6 Å². The lowest BCUT2D eigenvalue weighted by atomic mass is 9.78. The van der Waals surface area contributed by atoms with E-state index in [9.17, 15) is 0 Å². The topological polar surface area (TPSA) is 0 Å². The summed E-state index contributed by atoms with van der Waals surface area (Å²) in [7, 11) is 0. The molecule has 2 aliphatic carbocycles. The second-order valence-electron chi connectivity index (χ2n) is 5.98. The minimum absolute atomic E-state index is 1.18. The number of halogens is 1. The van der Waals surface area contributed by atoms with Crippen molar-refractivity contribution in [2.45, 2.75) is 51.9 Å². The maximum atomic E-state index is 3.82. The summed E-state index contributed by atoms with van der Waals surface area (Å²) in [5.74, 6) is 0. The fourth-order valence-electron chi connectivity index (χ4n) is 4.12. The molecule has 0 nitrogen and oxygen atoms in total.